The number of nitrogens with zero attached hydrogens (tertiary/aromatic N) is 1. The third-order valence-corrected chi connectivity index (χ3v) is 3.64. The molecule has 0 aliphatic carbocycles. The second kappa shape index (κ2) is 5.11. The van der Waals surface area contributed by atoms with Crippen molar-refractivity contribution >= 4 is 11.0 Å². The molecule has 0 amide bonds. The van der Waals surface area contributed by atoms with Crippen molar-refractivity contribution in [1.29, 1.82) is 0 Å². The zero-order valence-electron chi connectivity index (χ0n) is 11.5. The van der Waals surface area contributed by atoms with E-state index >= 15 is 0 Å². The van der Waals surface area contributed by atoms with E-state index in [0.717, 1.165) is 41.2 Å². The molecule has 1 aromatic heterocycles. The highest BCUT2D eigenvalue weighted by Crippen LogP contribution is 2.33. The van der Waals surface area contributed by atoms with Crippen LogP contribution in [0.25, 0.3) is 11.0 Å². The number of nitrogens with one attached hydrogen (secondary N) is 1. The van der Waals surface area contributed by atoms with Crippen LogP contribution in [0.1, 0.15) is 32.5 Å². The lowest BCUT2D eigenvalue weighted by Crippen LogP contribution is -1.99. The molecule has 4 nitrogen and oxygen atoms in total. The van der Waals surface area contributed by atoms with Gasteiger partial charge in [0.25, 0.3) is 0 Å². The SMILES string of the molecule is CCC(C)Cc1nc2cc3c(cc2[nH]1)OCCCO3. The van der Waals surface area contributed by atoms with Gasteiger partial charge in [0.15, 0.2) is 11.5 Å². The van der Waals surface area contributed by atoms with Crippen LogP contribution in [0.15, 0.2) is 12.1 Å². The van der Waals surface area contributed by atoms with Gasteiger partial charge in [-0.05, 0) is 5.92 Å². The first-order chi connectivity index (χ1) is 9.26. The molecule has 1 N–H and O–H groups in total. The lowest BCUT2D eigenvalue weighted by atomic mass is 10.1. The van der Waals surface area contributed by atoms with Gasteiger partial charge in [-0.1, -0.05) is 20.3 Å². The maximum atomic E-state index is 5.70. The molecule has 2 heterocycles. The molecule has 0 saturated carbocycles. The summed E-state index contributed by atoms with van der Waals surface area (Å²) in [7, 11) is 0. The normalized spacial score (nSPS) is 16.3. The largest absolute Gasteiger partial charge is 0.489 e. The van der Waals surface area contributed by atoms with E-state index in [0.29, 0.717) is 19.1 Å². The Balaban J connectivity index is 1.95. The van der Waals surface area contributed by atoms with Crippen LogP contribution >= 0.6 is 0 Å². The first kappa shape index (κ1) is 12.3. The Labute approximate surface area is 113 Å². The van der Waals surface area contributed by atoms with E-state index in [1.165, 1.54) is 6.42 Å². The van der Waals surface area contributed by atoms with Crippen molar-refractivity contribution in [3.8, 4) is 11.5 Å². The fraction of sp³-hybridized carbons (Fsp3) is 0.533. The third-order valence-electron chi connectivity index (χ3n) is 3.64. The molecule has 0 fully saturated rings. The van der Waals surface area contributed by atoms with E-state index in [4.69, 9.17) is 9.47 Å². The lowest BCUT2D eigenvalue weighted by molar-refractivity contribution is 0.297. The van der Waals surface area contributed by atoms with Crippen LogP contribution in [0.3, 0.4) is 0 Å². The molecule has 0 radical (unpaired) electrons. The molecule has 0 bridgehead atoms. The third kappa shape index (κ3) is 2.53. The van der Waals surface area contributed by atoms with Gasteiger partial charge in [-0.25, -0.2) is 4.98 Å². The number of hydrogen-bond acceptors (Lipinski definition) is 3. The average molecular weight is 260 g/mol. The van der Waals surface area contributed by atoms with Crippen molar-refractivity contribution in [2.75, 3.05) is 13.2 Å². The van der Waals surface area contributed by atoms with Gasteiger partial charge in [0.05, 0.1) is 24.2 Å². The van der Waals surface area contributed by atoms with Crippen LogP contribution in [0, 0.1) is 5.92 Å². The highest BCUT2D eigenvalue weighted by molar-refractivity contribution is 5.79. The minimum atomic E-state index is 0.644. The quantitative estimate of drug-likeness (QED) is 0.921. The van der Waals surface area contributed by atoms with E-state index in [-0.39, 0.29) is 0 Å². The van der Waals surface area contributed by atoms with Crippen molar-refractivity contribution in [2.45, 2.75) is 33.1 Å². The number of aromatic nitrogens is 2. The fourth-order valence-corrected chi connectivity index (χ4v) is 2.29. The highest BCUT2D eigenvalue weighted by Gasteiger charge is 2.14. The summed E-state index contributed by atoms with van der Waals surface area (Å²) < 4.78 is 11.4. The maximum absolute atomic E-state index is 5.70. The molecule has 2 aromatic rings. The van der Waals surface area contributed by atoms with E-state index < -0.39 is 0 Å². The van der Waals surface area contributed by atoms with E-state index in [1.807, 2.05) is 12.1 Å². The first-order valence-corrected chi connectivity index (χ1v) is 7.04. The van der Waals surface area contributed by atoms with Gasteiger partial charge in [-0.3, -0.25) is 0 Å². The standard InChI is InChI=1S/C15H20N2O2/c1-3-10(2)7-15-16-11-8-13-14(9-12(11)17-15)19-6-4-5-18-13/h8-10H,3-7H2,1-2H3,(H,16,17). The van der Waals surface area contributed by atoms with Crippen LogP contribution < -0.4 is 9.47 Å². The average Bonchev–Trinajstić information content (AvgIpc) is 2.63. The number of imidazole rings is 1. The van der Waals surface area contributed by atoms with Crippen molar-refractivity contribution in [3.05, 3.63) is 18.0 Å². The van der Waals surface area contributed by atoms with Crippen molar-refractivity contribution in [2.24, 2.45) is 5.92 Å². The molecule has 0 saturated heterocycles. The van der Waals surface area contributed by atoms with Crippen LogP contribution in [-0.4, -0.2) is 23.2 Å². The Kier molecular flexibility index (Phi) is 3.32. The van der Waals surface area contributed by atoms with Gasteiger partial charge in [0, 0.05) is 25.0 Å². The lowest BCUT2D eigenvalue weighted by Gasteiger charge is -2.05. The second-order valence-corrected chi connectivity index (χ2v) is 5.27. The number of aromatic amines is 1. The predicted octanol–water partition coefficient (Wildman–Crippen LogP) is 3.31. The number of benzene rings is 1. The van der Waals surface area contributed by atoms with Crippen molar-refractivity contribution in [3.63, 3.8) is 0 Å². The summed E-state index contributed by atoms with van der Waals surface area (Å²) in [6, 6.07) is 3.98. The molecular formula is C15H20N2O2. The minimum absolute atomic E-state index is 0.644. The molecular weight excluding hydrogens is 240 g/mol. The minimum Gasteiger partial charge on any atom is -0.489 e. The van der Waals surface area contributed by atoms with Crippen LogP contribution in [0.4, 0.5) is 0 Å². The Bertz CT molecular complexity index is 534. The zero-order chi connectivity index (χ0) is 13.2. The number of hydrogen-bond donors (Lipinski definition) is 1. The number of ether oxygens (including phenoxy) is 2. The summed E-state index contributed by atoms with van der Waals surface area (Å²) in [6.07, 6.45) is 3.08. The predicted molar refractivity (Wildman–Crippen MR) is 74.9 cm³/mol. The zero-order valence-corrected chi connectivity index (χ0v) is 11.5. The monoisotopic (exact) mass is 260 g/mol. The van der Waals surface area contributed by atoms with Gasteiger partial charge in [-0.2, -0.15) is 0 Å². The van der Waals surface area contributed by atoms with Crippen molar-refractivity contribution < 1.29 is 9.47 Å². The second-order valence-electron chi connectivity index (χ2n) is 5.27. The van der Waals surface area contributed by atoms with Gasteiger partial charge in [-0.15, -0.1) is 0 Å². The van der Waals surface area contributed by atoms with Gasteiger partial charge in [0.2, 0.25) is 0 Å². The fourth-order valence-electron chi connectivity index (χ4n) is 2.29. The molecule has 3 rings (SSSR count). The Morgan fingerprint density at radius 2 is 2.00 bits per heavy atom. The van der Waals surface area contributed by atoms with E-state index in [2.05, 4.69) is 23.8 Å². The number of fused-ring (bicyclic) bond motifs is 2. The van der Waals surface area contributed by atoms with Gasteiger partial charge < -0.3 is 14.5 Å². The molecule has 1 atom stereocenters. The molecule has 1 aliphatic rings. The van der Waals surface area contributed by atoms with E-state index in [1.54, 1.807) is 0 Å². The molecule has 1 aliphatic heterocycles. The van der Waals surface area contributed by atoms with Gasteiger partial charge >= 0.3 is 0 Å². The summed E-state index contributed by atoms with van der Waals surface area (Å²) in [4.78, 5) is 8.03. The number of rotatable bonds is 3. The Hall–Kier alpha value is -1.71. The van der Waals surface area contributed by atoms with E-state index in [9.17, 15) is 0 Å². The summed E-state index contributed by atoms with van der Waals surface area (Å²) in [6.45, 7) is 5.88. The Morgan fingerprint density at radius 1 is 1.26 bits per heavy atom. The topological polar surface area (TPSA) is 47.1 Å². The summed E-state index contributed by atoms with van der Waals surface area (Å²) >= 11 is 0. The number of H-pyrrole nitrogens is 1. The first-order valence-electron chi connectivity index (χ1n) is 7.04. The smallest absolute Gasteiger partial charge is 0.163 e. The maximum Gasteiger partial charge on any atom is 0.163 e. The van der Waals surface area contributed by atoms with Crippen LogP contribution in [0.2, 0.25) is 0 Å². The highest BCUT2D eigenvalue weighted by atomic mass is 16.5. The Morgan fingerprint density at radius 3 is 2.74 bits per heavy atom. The van der Waals surface area contributed by atoms with Crippen LogP contribution in [-0.2, 0) is 6.42 Å². The molecule has 4 heteroatoms. The molecule has 19 heavy (non-hydrogen) atoms. The molecule has 1 unspecified atom stereocenters. The summed E-state index contributed by atoms with van der Waals surface area (Å²) in [5.74, 6) is 3.32. The van der Waals surface area contributed by atoms with Crippen LogP contribution in [0.5, 0.6) is 11.5 Å². The van der Waals surface area contributed by atoms with Crippen molar-refractivity contribution in [1.82, 2.24) is 9.97 Å². The molecule has 1 aromatic carbocycles. The molecule has 0 spiro atoms. The molecule has 102 valence electrons. The van der Waals surface area contributed by atoms with Gasteiger partial charge in [0.1, 0.15) is 5.82 Å². The summed E-state index contributed by atoms with van der Waals surface area (Å²) in [5.41, 5.74) is 1.99. The summed E-state index contributed by atoms with van der Waals surface area (Å²) in [5, 5.41) is 0.